The van der Waals surface area contributed by atoms with Crippen LogP contribution in [-0.4, -0.2) is 16.4 Å². The molecule has 1 rings (SSSR count). The molecule has 3 nitrogen and oxygen atoms in total. The van der Waals surface area contributed by atoms with Crippen LogP contribution >= 0.6 is 15.9 Å². The van der Waals surface area contributed by atoms with Crippen LogP contribution in [0.2, 0.25) is 0 Å². The first-order chi connectivity index (χ1) is 7.63. The molecule has 0 aliphatic rings. The van der Waals surface area contributed by atoms with E-state index in [0.717, 1.165) is 23.3 Å². The highest BCUT2D eigenvalue weighted by Gasteiger charge is 2.06. The highest BCUT2D eigenvalue weighted by Crippen LogP contribution is 2.16. The van der Waals surface area contributed by atoms with Crippen LogP contribution in [0.3, 0.4) is 0 Å². The van der Waals surface area contributed by atoms with Gasteiger partial charge in [-0.15, -0.1) is 0 Å². The van der Waals surface area contributed by atoms with Gasteiger partial charge in [-0.25, -0.2) is 0 Å². The zero-order valence-electron chi connectivity index (χ0n) is 10.4. The molecule has 1 heterocycles. The SMILES string of the molecule is CCCCn1cc(Br)c(COCC(C)C)n1. The van der Waals surface area contributed by atoms with E-state index >= 15 is 0 Å². The normalized spacial score (nSPS) is 11.3. The first kappa shape index (κ1) is 13.7. The fourth-order valence-corrected chi connectivity index (χ4v) is 1.79. The van der Waals surface area contributed by atoms with Crippen molar-refractivity contribution < 1.29 is 4.74 Å². The molecule has 92 valence electrons. The summed E-state index contributed by atoms with van der Waals surface area (Å²) in [4.78, 5) is 0. The van der Waals surface area contributed by atoms with Crippen LogP contribution in [0.5, 0.6) is 0 Å². The second kappa shape index (κ2) is 7.07. The van der Waals surface area contributed by atoms with E-state index in [1.807, 2.05) is 10.9 Å². The van der Waals surface area contributed by atoms with Crippen LogP contribution in [0.25, 0.3) is 0 Å². The molecule has 1 aromatic heterocycles. The van der Waals surface area contributed by atoms with Crippen LogP contribution in [0, 0.1) is 5.92 Å². The van der Waals surface area contributed by atoms with E-state index < -0.39 is 0 Å². The third-order valence-electron chi connectivity index (χ3n) is 2.22. The molecule has 0 amide bonds. The smallest absolute Gasteiger partial charge is 0.102 e. The number of hydrogen-bond acceptors (Lipinski definition) is 2. The lowest BCUT2D eigenvalue weighted by Gasteiger charge is -2.05. The Morgan fingerprint density at radius 2 is 2.25 bits per heavy atom. The fraction of sp³-hybridized carbons (Fsp3) is 0.750. The lowest BCUT2D eigenvalue weighted by molar-refractivity contribution is 0.0940. The van der Waals surface area contributed by atoms with Crippen LogP contribution < -0.4 is 0 Å². The molecule has 0 aromatic carbocycles. The van der Waals surface area contributed by atoms with Crippen molar-refractivity contribution in [3.63, 3.8) is 0 Å². The van der Waals surface area contributed by atoms with Crippen molar-refractivity contribution in [2.45, 2.75) is 46.8 Å². The molecule has 0 saturated heterocycles. The maximum absolute atomic E-state index is 5.57. The first-order valence-corrected chi connectivity index (χ1v) is 6.72. The fourth-order valence-electron chi connectivity index (χ4n) is 1.36. The number of halogens is 1. The number of ether oxygens (including phenoxy) is 1. The van der Waals surface area contributed by atoms with Gasteiger partial charge in [-0.1, -0.05) is 27.2 Å². The van der Waals surface area contributed by atoms with Gasteiger partial charge in [-0.05, 0) is 28.3 Å². The van der Waals surface area contributed by atoms with Crippen molar-refractivity contribution >= 4 is 15.9 Å². The standard InChI is InChI=1S/C12H21BrN2O/c1-4-5-6-15-7-11(13)12(14-15)9-16-8-10(2)3/h7,10H,4-6,8-9H2,1-3H3. The summed E-state index contributed by atoms with van der Waals surface area (Å²) in [6.07, 6.45) is 4.39. The van der Waals surface area contributed by atoms with Crippen molar-refractivity contribution in [3.8, 4) is 0 Å². The van der Waals surface area contributed by atoms with Crippen LogP contribution in [-0.2, 0) is 17.9 Å². The molecule has 0 bridgehead atoms. The minimum atomic E-state index is 0.570. The summed E-state index contributed by atoms with van der Waals surface area (Å²) in [6, 6.07) is 0. The zero-order valence-corrected chi connectivity index (χ0v) is 12.0. The average Bonchev–Trinajstić information content (AvgIpc) is 2.56. The highest BCUT2D eigenvalue weighted by atomic mass is 79.9. The van der Waals surface area contributed by atoms with E-state index in [9.17, 15) is 0 Å². The summed E-state index contributed by atoms with van der Waals surface area (Å²) in [5.74, 6) is 0.570. The Bertz CT molecular complexity index is 310. The van der Waals surface area contributed by atoms with Crippen molar-refractivity contribution in [1.82, 2.24) is 9.78 Å². The summed E-state index contributed by atoms with van der Waals surface area (Å²) < 4.78 is 8.61. The molecule has 1 aromatic rings. The van der Waals surface area contributed by atoms with Crippen LogP contribution in [0.4, 0.5) is 0 Å². The van der Waals surface area contributed by atoms with E-state index in [-0.39, 0.29) is 0 Å². The molecular formula is C12H21BrN2O. The Balaban J connectivity index is 2.43. The maximum atomic E-state index is 5.57. The Morgan fingerprint density at radius 1 is 1.50 bits per heavy atom. The summed E-state index contributed by atoms with van der Waals surface area (Å²) in [6.45, 7) is 8.85. The molecule has 0 aliphatic carbocycles. The molecule has 0 saturated carbocycles. The van der Waals surface area contributed by atoms with Crippen LogP contribution in [0.15, 0.2) is 10.7 Å². The molecule has 0 atom stereocenters. The van der Waals surface area contributed by atoms with Crippen LogP contribution in [0.1, 0.15) is 39.3 Å². The molecule has 0 fully saturated rings. The molecule has 0 N–H and O–H groups in total. The molecular weight excluding hydrogens is 268 g/mol. The summed E-state index contributed by atoms with van der Waals surface area (Å²) >= 11 is 3.51. The van der Waals surface area contributed by atoms with Gasteiger partial charge in [0.05, 0.1) is 11.1 Å². The second-order valence-corrected chi connectivity index (χ2v) is 5.30. The highest BCUT2D eigenvalue weighted by molar-refractivity contribution is 9.10. The predicted molar refractivity (Wildman–Crippen MR) is 69.3 cm³/mol. The topological polar surface area (TPSA) is 27.1 Å². The Morgan fingerprint density at radius 3 is 2.88 bits per heavy atom. The van der Waals surface area contributed by atoms with Gasteiger partial charge in [-0.2, -0.15) is 5.10 Å². The lowest BCUT2D eigenvalue weighted by Crippen LogP contribution is -2.04. The van der Waals surface area contributed by atoms with Gasteiger partial charge in [0, 0.05) is 19.3 Å². The van der Waals surface area contributed by atoms with Gasteiger partial charge in [0.15, 0.2) is 0 Å². The number of aromatic nitrogens is 2. The third-order valence-corrected chi connectivity index (χ3v) is 2.88. The second-order valence-electron chi connectivity index (χ2n) is 4.45. The summed E-state index contributed by atoms with van der Waals surface area (Å²) in [5, 5.41) is 4.49. The van der Waals surface area contributed by atoms with E-state index in [1.54, 1.807) is 0 Å². The minimum Gasteiger partial charge on any atom is -0.375 e. The van der Waals surface area contributed by atoms with Gasteiger partial charge in [0.25, 0.3) is 0 Å². The molecule has 0 unspecified atom stereocenters. The summed E-state index contributed by atoms with van der Waals surface area (Å²) in [5.41, 5.74) is 0.997. The number of aryl methyl sites for hydroxylation is 1. The van der Waals surface area contributed by atoms with Crippen molar-refractivity contribution in [2.24, 2.45) is 5.92 Å². The zero-order chi connectivity index (χ0) is 12.0. The molecule has 4 heteroatoms. The lowest BCUT2D eigenvalue weighted by atomic mass is 10.2. The van der Waals surface area contributed by atoms with E-state index in [1.165, 1.54) is 12.8 Å². The molecule has 0 aliphatic heterocycles. The third kappa shape index (κ3) is 4.66. The van der Waals surface area contributed by atoms with Gasteiger partial charge in [0.1, 0.15) is 5.69 Å². The minimum absolute atomic E-state index is 0.570. The molecule has 0 radical (unpaired) electrons. The Labute approximate surface area is 106 Å². The molecule has 16 heavy (non-hydrogen) atoms. The number of rotatable bonds is 7. The first-order valence-electron chi connectivity index (χ1n) is 5.93. The van der Waals surface area contributed by atoms with Crippen molar-refractivity contribution in [1.29, 1.82) is 0 Å². The van der Waals surface area contributed by atoms with E-state index in [2.05, 4.69) is 41.8 Å². The monoisotopic (exact) mass is 288 g/mol. The predicted octanol–water partition coefficient (Wildman–Crippen LogP) is 3.62. The average molecular weight is 289 g/mol. The van der Waals surface area contributed by atoms with E-state index in [0.29, 0.717) is 12.5 Å². The Kier molecular flexibility index (Phi) is 6.06. The van der Waals surface area contributed by atoms with Crippen molar-refractivity contribution in [2.75, 3.05) is 6.61 Å². The van der Waals surface area contributed by atoms with Gasteiger partial charge < -0.3 is 4.74 Å². The largest absolute Gasteiger partial charge is 0.375 e. The summed E-state index contributed by atoms with van der Waals surface area (Å²) in [7, 11) is 0. The molecule has 0 spiro atoms. The van der Waals surface area contributed by atoms with Gasteiger partial charge in [-0.3, -0.25) is 4.68 Å². The quantitative estimate of drug-likeness (QED) is 0.766. The number of unbranched alkanes of at least 4 members (excludes halogenated alkanes) is 1. The van der Waals surface area contributed by atoms with Crippen molar-refractivity contribution in [3.05, 3.63) is 16.4 Å². The van der Waals surface area contributed by atoms with Gasteiger partial charge >= 0.3 is 0 Å². The number of nitrogens with zero attached hydrogens (tertiary/aromatic N) is 2. The maximum Gasteiger partial charge on any atom is 0.102 e. The number of hydrogen-bond donors (Lipinski definition) is 0. The van der Waals surface area contributed by atoms with E-state index in [4.69, 9.17) is 4.74 Å². The van der Waals surface area contributed by atoms with Gasteiger partial charge in [0.2, 0.25) is 0 Å². The Hall–Kier alpha value is -0.350.